The van der Waals surface area contributed by atoms with Gasteiger partial charge < -0.3 is 15.0 Å². The van der Waals surface area contributed by atoms with Crippen molar-refractivity contribution < 1.29 is 4.74 Å². The Bertz CT molecular complexity index is 259. The maximum Gasteiger partial charge on any atom is 0.0623 e. The third-order valence-electron chi connectivity index (χ3n) is 4.98. The summed E-state index contributed by atoms with van der Waals surface area (Å²) in [6, 6.07) is 0.588. The first-order valence-corrected chi connectivity index (χ1v) is 8.87. The number of hydrogen-bond acceptors (Lipinski definition) is 3. The van der Waals surface area contributed by atoms with Crippen molar-refractivity contribution in [1.82, 2.24) is 10.2 Å². The average molecular weight is 282 g/mol. The van der Waals surface area contributed by atoms with Crippen LogP contribution >= 0.6 is 0 Å². The molecular weight excluding hydrogens is 248 g/mol. The van der Waals surface area contributed by atoms with Crippen LogP contribution in [0.5, 0.6) is 0 Å². The van der Waals surface area contributed by atoms with Crippen molar-refractivity contribution in [2.45, 2.75) is 58.4 Å². The van der Waals surface area contributed by atoms with E-state index in [2.05, 4.69) is 24.1 Å². The Kier molecular flexibility index (Phi) is 7.32. The molecule has 2 rings (SSSR count). The first-order valence-electron chi connectivity index (χ1n) is 8.87. The Balaban J connectivity index is 1.74. The van der Waals surface area contributed by atoms with E-state index >= 15 is 0 Å². The van der Waals surface area contributed by atoms with Gasteiger partial charge in [0.2, 0.25) is 0 Å². The van der Waals surface area contributed by atoms with Crippen LogP contribution in [0, 0.1) is 11.8 Å². The van der Waals surface area contributed by atoms with Gasteiger partial charge in [0.15, 0.2) is 0 Å². The number of ether oxygens (including phenoxy) is 1. The van der Waals surface area contributed by atoms with Gasteiger partial charge in [-0.05, 0) is 51.2 Å². The monoisotopic (exact) mass is 282 g/mol. The molecule has 2 fully saturated rings. The zero-order chi connectivity index (χ0) is 14.2. The van der Waals surface area contributed by atoms with Crippen molar-refractivity contribution in [2.75, 3.05) is 39.4 Å². The lowest BCUT2D eigenvalue weighted by atomic mass is 9.96. The number of hydrogen-bond donors (Lipinski definition) is 1. The van der Waals surface area contributed by atoms with Gasteiger partial charge in [-0.25, -0.2) is 0 Å². The smallest absolute Gasteiger partial charge is 0.0623 e. The van der Waals surface area contributed by atoms with Crippen LogP contribution in [0.15, 0.2) is 0 Å². The molecule has 0 aromatic heterocycles. The van der Waals surface area contributed by atoms with Crippen molar-refractivity contribution >= 4 is 0 Å². The topological polar surface area (TPSA) is 24.5 Å². The standard InChI is InChI=1S/C17H34N2O/c1-3-6-15-7-5-10-19(11-8-15)12-16-13-20-14-17(16)18-9-4-2/h15-18H,3-14H2,1-2H3. The van der Waals surface area contributed by atoms with E-state index in [9.17, 15) is 0 Å². The SMILES string of the molecule is CCCNC1COCC1CN1CCCC(CCC)CC1. The minimum atomic E-state index is 0.588. The highest BCUT2D eigenvalue weighted by Gasteiger charge is 2.29. The molecular formula is C17H34N2O. The minimum Gasteiger partial charge on any atom is -0.379 e. The van der Waals surface area contributed by atoms with Crippen LogP contribution in [-0.4, -0.2) is 50.3 Å². The van der Waals surface area contributed by atoms with Crippen LogP contribution in [0.2, 0.25) is 0 Å². The molecule has 3 atom stereocenters. The molecule has 118 valence electrons. The van der Waals surface area contributed by atoms with Gasteiger partial charge in [0.25, 0.3) is 0 Å². The zero-order valence-corrected chi connectivity index (χ0v) is 13.6. The summed E-state index contributed by atoms with van der Waals surface area (Å²) in [6.45, 7) is 11.4. The molecule has 0 radical (unpaired) electrons. The fourth-order valence-electron chi connectivity index (χ4n) is 3.77. The van der Waals surface area contributed by atoms with Gasteiger partial charge in [0, 0.05) is 18.5 Å². The van der Waals surface area contributed by atoms with E-state index in [-0.39, 0.29) is 0 Å². The highest BCUT2D eigenvalue weighted by Crippen LogP contribution is 2.23. The van der Waals surface area contributed by atoms with Crippen LogP contribution < -0.4 is 5.32 Å². The summed E-state index contributed by atoms with van der Waals surface area (Å²) in [5.74, 6) is 1.68. The molecule has 3 heteroatoms. The van der Waals surface area contributed by atoms with E-state index in [0.717, 1.165) is 25.7 Å². The second kappa shape index (κ2) is 9.01. The first-order chi connectivity index (χ1) is 9.83. The van der Waals surface area contributed by atoms with Gasteiger partial charge in [-0.3, -0.25) is 0 Å². The Morgan fingerprint density at radius 1 is 1.10 bits per heavy atom. The molecule has 3 nitrogen and oxygen atoms in total. The lowest BCUT2D eigenvalue weighted by Crippen LogP contribution is -2.42. The quantitative estimate of drug-likeness (QED) is 0.777. The Hall–Kier alpha value is -0.120. The lowest BCUT2D eigenvalue weighted by Gasteiger charge is -2.27. The van der Waals surface area contributed by atoms with E-state index in [1.54, 1.807) is 0 Å². The molecule has 20 heavy (non-hydrogen) atoms. The van der Waals surface area contributed by atoms with Crippen LogP contribution in [0.3, 0.4) is 0 Å². The van der Waals surface area contributed by atoms with Crippen molar-refractivity contribution in [3.05, 3.63) is 0 Å². The van der Waals surface area contributed by atoms with Crippen LogP contribution in [0.1, 0.15) is 52.4 Å². The van der Waals surface area contributed by atoms with Crippen molar-refractivity contribution in [2.24, 2.45) is 11.8 Å². The highest BCUT2D eigenvalue weighted by atomic mass is 16.5. The second-order valence-corrected chi connectivity index (χ2v) is 6.74. The molecule has 2 heterocycles. The van der Waals surface area contributed by atoms with Crippen LogP contribution in [0.4, 0.5) is 0 Å². The summed E-state index contributed by atoms with van der Waals surface area (Å²) in [7, 11) is 0. The first kappa shape index (κ1) is 16.3. The fourth-order valence-corrected chi connectivity index (χ4v) is 3.77. The normalized spacial score (nSPS) is 32.4. The van der Waals surface area contributed by atoms with Gasteiger partial charge in [-0.15, -0.1) is 0 Å². The Labute approximate surface area is 125 Å². The minimum absolute atomic E-state index is 0.588. The molecule has 2 aliphatic rings. The molecule has 0 saturated carbocycles. The van der Waals surface area contributed by atoms with E-state index in [4.69, 9.17) is 4.74 Å². The predicted octanol–water partition coefficient (Wildman–Crippen LogP) is 2.90. The molecule has 2 saturated heterocycles. The summed E-state index contributed by atoms with van der Waals surface area (Å²) >= 11 is 0. The largest absolute Gasteiger partial charge is 0.379 e. The Morgan fingerprint density at radius 3 is 2.80 bits per heavy atom. The molecule has 0 spiro atoms. The van der Waals surface area contributed by atoms with Gasteiger partial charge in [0.05, 0.1) is 13.2 Å². The highest BCUT2D eigenvalue weighted by molar-refractivity contribution is 4.84. The molecule has 2 aliphatic heterocycles. The van der Waals surface area contributed by atoms with E-state index in [1.807, 2.05) is 0 Å². The van der Waals surface area contributed by atoms with Crippen LogP contribution in [-0.2, 0) is 4.74 Å². The molecule has 0 aliphatic carbocycles. The fraction of sp³-hybridized carbons (Fsp3) is 1.00. The zero-order valence-electron chi connectivity index (χ0n) is 13.6. The second-order valence-electron chi connectivity index (χ2n) is 6.74. The van der Waals surface area contributed by atoms with Crippen molar-refractivity contribution in [1.29, 1.82) is 0 Å². The molecule has 0 bridgehead atoms. The molecule has 1 N–H and O–H groups in total. The summed E-state index contributed by atoms with van der Waals surface area (Å²) in [5, 5.41) is 3.66. The van der Waals surface area contributed by atoms with Crippen molar-refractivity contribution in [3.8, 4) is 0 Å². The van der Waals surface area contributed by atoms with E-state index in [1.165, 1.54) is 58.2 Å². The number of nitrogens with one attached hydrogen (secondary N) is 1. The van der Waals surface area contributed by atoms with E-state index in [0.29, 0.717) is 12.0 Å². The van der Waals surface area contributed by atoms with Crippen LogP contribution in [0.25, 0.3) is 0 Å². The molecule has 0 aromatic rings. The number of rotatable bonds is 7. The summed E-state index contributed by atoms with van der Waals surface area (Å²) in [6.07, 6.45) is 8.25. The van der Waals surface area contributed by atoms with Gasteiger partial charge in [0.1, 0.15) is 0 Å². The number of likely N-dealkylation sites (tertiary alicyclic amines) is 1. The summed E-state index contributed by atoms with van der Waals surface area (Å²) in [4.78, 5) is 2.70. The van der Waals surface area contributed by atoms with Gasteiger partial charge in [-0.2, -0.15) is 0 Å². The summed E-state index contributed by atoms with van der Waals surface area (Å²) in [5.41, 5.74) is 0. The third kappa shape index (κ3) is 5.01. The van der Waals surface area contributed by atoms with Crippen molar-refractivity contribution in [3.63, 3.8) is 0 Å². The lowest BCUT2D eigenvalue weighted by molar-refractivity contribution is 0.167. The van der Waals surface area contributed by atoms with Gasteiger partial charge in [-0.1, -0.05) is 26.7 Å². The molecule has 0 amide bonds. The molecule has 3 unspecified atom stereocenters. The predicted molar refractivity (Wildman–Crippen MR) is 85.1 cm³/mol. The third-order valence-corrected chi connectivity index (χ3v) is 4.98. The Morgan fingerprint density at radius 2 is 2.00 bits per heavy atom. The maximum atomic E-state index is 5.71. The molecule has 0 aromatic carbocycles. The van der Waals surface area contributed by atoms with E-state index < -0.39 is 0 Å². The number of nitrogens with zero attached hydrogens (tertiary/aromatic N) is 1. The summed E-state index contributed by atoms with van der Waals surface area (Å²) < 4.78 is 5.71. The average Bonchev–Trinajstić information content (AvgIpc) is 2.77. The maximum absolute atomic E-state index is 5.71. The van der Waals surface area contributed by atoms with Gasteiger partial charge >= 0.3 is 0 Å².